The minimum absolute atomic E-state index is 0.262. The van der Waals surface area contributed by atoms with E-state index in [2.05, 4.69) is 31.3 Å². The van der Waals surface area contributed by atoms with Crippen LogP contribution in [0, 0.1) is 0 Å². The van der Waals surface area contributed by atoms with Crippen LogP contribution >= 0.6 is 0 Å². The molecule has 0 spiro atoms. The van der Waals surface area contributed by atoms with Crippen molar-refractivity contribution < 1.29 is 44.9 Å². The van der Waals surface area contributed by atoms with Gasteiger partial charge in [-0.05, 0) is 38.5 Å². The Morgan fingerprint density at radius 3 is 1.56 bits per heavy atom. The quantitative estimate of drug-likeness (QED) is 0.0245. The van der Waals surface area contributed by atoms with Crippen molar-refractivity contribution in [2.45, 2.75) is 249 Å². The monoisotopic (exact) mass is 772 g/mol. The van der Waals surface area contributed by atoms with E-state index >= 15 is 0 Å². The average Bonchev–Trinajstić information content (AvgIpc) is 3.17. The number of allylic oxidation sites excluding steroid dienone is 2. The largest absolute Gasteiger partial charge is 0.394 e. The number of unbranched alkanes of at least 4 members (excludes halogenated alkanes) is 24. The van der Waals surface area contributed by atoms with Crippen LogP contribution in [-0.2, 0) is 14.3 Å². The molecule has 1 heterocycles. The number of carbonyl (C=O) groups excluding carboxylic acids is 1. The highest BCUT2D eigenvalue weighted by Crippen LogP contribution is 2.23. The molecule has 10 nitrogen and oxygen atoms in total. The normalized spacial score (nSPS) is 22.1. The molecular weight excluding hydrogens is 686 g/mol. The second-order valence-corrected chi connectivity index (χ2v) is 16.0. The third-order valence-electron chi connectivity index (χ3n) is 11.0. The first-order valence-corrected chi connectivity index (χ1v) is 22.5. The second kappa shape index (κ2) is 35.1. The van der Waals surface area contributed by atoms with Crippen LogP contribution in [0.1, 0.15) is 200 Å². The van der Waals surface area contributed by atoms with Crippen molar-refractivity contribution in [1.29, 1.82) is 0 Å². The fourth-order valence-corrected chi connectivity index (χ4v) is 7.25. The van der Waals surface area contributed by atoms with E-state index in [4.69, 9.17) is 9.47 Å². The molecule has 1 saturated heterocycles. The molecule has 1 aliphatic heterocycles. The summed E-state index contributed by atoms with van der Waals surface area (Å²) in [7, 11) is 0. The van der Waals surface area contributed by atoms with Crippen LogP contribution in [0.2, 0.25) is 0 Å². The molecule has 0 aromatic rings. The van der Waals surface area contributed by atoms with E-state index < -0.39 is 55.6 Å². The lowest BCUT2D eigenvalue weighted by Gasteiger charge is -2.40. The number of aliphatic hydroxyl groups excluding tert-OH is 6. The molecular formula is C44H85NO9. The van der Waals surface area contributed by atoms with Crippen LogP contribution < -0.4 is 5.32 Å². The molecule has 0 saturated carbocycles. The molecule has 1 aliphatic rings. The van der Waals surface area contributed by atoms with Gasteiger partial charge in [0, 0.05) is 6.42 Å². The topological polar surface area (TPSA) is 169 Å². The zero-order valence-electron chi connectivity index (χ0n) is 34.6. The van der Waals surface area contributed by atoms with E-state index in [1.165, 1.54) is 116 Å². The number of aliphatic hydroxyl groups is 6. The van der Waals surface area contributed by atoms with Gasteiger partial charge in [0.05, 0.1) is 25.4 Å². The van der Waals surface area contributed by atoms with E-state index in [-0.39, 0.29) is 18.9 Å². The fourth-order valence-electron chi connectivity index (χ4n) is 7.25. The summed E-state index contributed by atoms with van der Waals surface area (Å²) in [6.07, 6.45) is 27.8. The average molecular weight is 772 g/mol. The highest BCUT2D eigenvalue weighted by Gasteiger charge is 2.44. The summed E-state index contributed by atoms with van der Waals surface area (Å²) >= 11 is 0. The van der Waals surface area contributed by atoms with Gasteiger partial charge in [-0.1, -0.05) is 167 Å². The molecule has 1 rings (SSSR count). The first kappa shape index (κ1) is 50.9. The van der Waals surface area contributed by atoms with Gasteiger partial charge >= 0.3 is 0 Å². The van der Waals surface area contributed by atoms with Crippen molar-refractivity contribution >= 4 is 5.91 Å². The Bertz CT molecular complexity index is 875. The fraction of sp³-hybridized carbons (Fsp3) is 0.932. The van der Waals surface area contributed by atoms with Crippen molar-refractivity contribution in [2.75, 3.05) is 13.2 Å². The number of rotatable bonds is 37. The molecule has 10 heteroatoms. The highest BCUT2D eigenvalue weighted by molar-refractivity contribution is 5.76. The maximum Gasteiger partial charge on any atom is 0.220 e. The van der Waals surface area contributed by atoms with Crippen molar-refractivity contribution in [3.05, 3.63) is 12.2 Å². The number of nitrogens with one attached hydrogen (secondary N) is 1. The van der Waals surface area contributed by atoms with Gasteiger partial charge in [-0.15, -0.1) is 0 Å². The molecule has 54 heavy (non-hydrogen) atoms. The summed E-state index contributed by atoms with van der Waals surface area (Å²) in [6, 6.07) is -0.989. The van der Waals surface area contributed by atoms with Crippen LogP contribution in [-0.4, -0.2) is 98.7 Å². The summed E-state index contributed by atoms with van der Waals surface area (Å²) in [5.41, 5.74) is 0. The Morgan fingerprint density at radius 2 is 1.07 bits per heavy atom. The summed E-state index contributed by atoms with van der Waals surface area (Å²) in [6.45, 7) is 3.59. The SMILES string of the molecule is CCCCCCCC/C=C/CCCCCCCCCC(=O)N[C@@H](COC1OC(CO)C(O)C(O)C1O)[C@H](O)[C@H](O)CCCCCCCCCCCCCC. The lowest BCUT2D eigenvalue weighted by molar-refractivity contribution is -0.303. The van der Waals surface area contributed by atoms with Gasteiger partial charge < -0.3 is 45.4 Å². The minimum atomic E-state index is -1.60. The molecule has 0 radical (unpaired) electrons. The third kappa shape index (κ3) is 25.2. The minimum Gasteiger partial charge on any atom is -0.394 e. The number of hydrogen-bond acceptors (Lipinski definition) is 9. The highest BCUT2D eigenvalue weighted by atomic mass is 16.7. The van der Waals surface area contributed by atoms with E-state index in [0.717, 1.165) is 51.4 Å². The van der Waals surface area contributed by atoms with E-state index in [1.807, 2.05) is 0 Å². The molecule has 0 aromatic heterocycles. The molecule has 1 amide bonds. The lowest BCUT2D eigenvalue weighted by atomic mass is 9.98. The van der Waals surface area contributed by atoms with Gasteiger partial charge in [0.1, 0.15) is 30.5 Å². The maximum absolute atomic E-state index is 13.0. The number of hydrogen-bond donors (Lipinski definition) is 7. The van der Waals surface area contributed by atoms with Gasteiger partial charge in [-0.3, -0.25) is 4.79 Å². The molecule has 7 N–H and O–H groups in total. The van der Waals surface area contributed by atoms with Crippen molar-refractivity contribution in [2.24, 2.45) is 0 Å². The smallest absolute Gasteiger partial charge is 0.220 e. The van der Waals surface area contributed by atoms with E-state index in [9.17, 15) is 35.4 Å². The van der Waals surface area contributed by atoms with Crippen LogP contribution in [0.15, 0.2) is 12.2 Å². The first-order valence-electron chi connectivity index (χ1n) is 22.5. The van der Waals surface area contributed by atoms with Gasteiger partial charge in [-0.2, -0.15) is 0 Å². The first-order chi connectivity index (χ1) is 26.3. The molecule has 1 fully saturated rings. The summed E-state index contributed by atoms with van der Waals surface area (Å²) in [5.74, 6) is -0.262. The zero-order chi connectivity index (χ0) is 39.7. The Morgan fingerprint density at radius 1 is 0.630 bits per heavy atom. The number of amides is 1. The Balaban J connectivity index is 2.41. The van der Waals surface area contributed by atoms with Crippen LogP contribution in [0.3, 0.4) is 0 Å². The summed E-state index contributed by atoms with van der Waals surface area (Å²) in [5, 5.41) is 65.0. The van der Waals surface area contributed by atoms with Crippen molar-refractivity contribution in [3.8, 4) is 0 Å². The molecule has 0 bridgehead atoms. The second-order valence-electron chi connectivity index (χ2n) is 16.0. The molecule has 0 aromatic carbocycles. The predicted octanol–water partition coefficient (Wildman–Crippen LogP) is 7.92. The predicted molar refractivity (Wildman–Crippen MR) is 218 cm³/mol. The Kier molecular flexibility index (Phi) is 33.1. The summed E-state index contributed by atoms with van der Waals surface area (Å²) < 4.78 is 11.1. The maximum atomic E-state index is 13.0. The van der Waals surface area contributed by atoms with Crippen molar-refractivity contribution in [1.82, 2.24) is 5.32 Å². The molecule has 8 atom stereocenters. The van der Waals surface area contributed by atoms with Gasteiger partial charge in [0.15, 0.2) is 6.29 Å². The van der Waals surface area contributed by atoms with Gasteiger partial charge in [0.2, 0.25) is 5.91 Å². The van der Waals surface area contributed by atoms with Gasteiger partial charge in [0.25, 0.3) is 0 Å². The number of ether oxygens (including phenoxy) is 2. The van der Waals surface area contributed by atoms with E-state index in [1.54, 1.807) is 0 Å². The van der Waals surface area contributed by atoms with Gasteiger partial charge in [-0.25, -0.2) is 0 Å². The van der Waals surface area contributed by atoms with Crippen LogP contribution in [0.25, 0.3) is 0 Å². The molecule has 320 valence electrons. The summed E-state index contributed by atoms with van der Waals surface area (Å²) in [4.78, 5) is 13.0. The van der Waals surface area contributed by atoms with Crippen molar-refractivity contribution in [3.63, 3.8) is 0 Å². The third-order valence-corrected chi connectivity index (χ3v) is 11.0. The zero-order valence-corrected chi connectivity index (χ0v) is 34.6. The molecule has 5 unspecified atom stereocenters. The van der Waals surface area contributed by atoms with Crippen LogP contribution in [0.5, 0.6) is 0 Å². The standard InChI is InChI=1S/C44H85NO9/c1-3-5-7-9-11-13-15-17-18-19-20-21-23-25-27-29-31-33-39(48)45-36(35-53-44-43(52)42(51)41(50)38(34-46)54-44)40(49)37(47)32-30-28-26-24-22-16-14-12-10-8-6-4-2/h17-18,36-38,40-44,46-47,49-52H,3-16,19-35H2,1-2H3,(H,45,48)/b18-17+/t36-,37+,38?,40-,41?,42?,43?,44?/m0/s1. The Hall–Kier alpha value is -1.11. The van der Waals surface area contributed by atoms with Crippen LogP contribution in [0.4, 0.5) is 0 Å². The number of carbonyl (C=O) groups is 1. The van der Waals surface area contributed by atoms with E-state index in [0.29, 0.717) is 12.8 Å². The lowest BCUT2D eigenvalue weighted by Crippen LogP contribution is -2.60. The molecule has 0 aliphatic carbocycles. The Labute approximate surface area is 329 Å².